The van der Waals surface area contributed by atoms with E-state index < -0.39 is 12.1 Å². The van der Waals surface area contributed by atoms with Crippen molar-refractivity contribution in [2.75, 3.05) is 19.5 Å². The van der Waals surface area contributed by atoms with Gasteiger partial charge in [-0.3, -0.25) is 4.79 Å². The number of carboxylic acids is 1. The lowest BCUT2D eigenvalue weighted by atomic mass is 10.1. The standard InChI is InChI=1S/C21H16ClNO4S.C5H10.C2H6O.C2H6/c1-11-2-7-16-13(8-11)9-17(27-16)20(24)23-15-10-28-19(18(15)21(25)26)12-3-5-14(22)6-4-12;1-4-5(2)3;1-3-2;1-2/h2-8,10,17H,9H2,1H3,(H,23,24)(H,25,26);2,4H2,1,3H3;1-2H3;1-2H3. The molecule has 1 aliphatic rings. The van der Waals surface area contributed by atoms with E-state index in [-0.39, 0.29) is 17.2 Å². The van der Waals surface area contributed by atoms with Crippen LogP contribution in [0, 0.1) is 6.92 Å². The zero-order chi connectivity index (χ0) is 28.8. The van der Waals surface area contributed by atoms with Crippen LogP contribution in [-0.2, 0) is 16.0 Å². The Hall–Kier alpha value is -3.13. The Kier molecular flexibility index (Phi) is 14.4. The Morgan fingerprint density at radius 3 is 2.29 bits per heavy atom. The zero-order valence-electron chi connectivity index (χ0n) is 23.2. The average molecular weight is 560 g/mol. The molecule has 1 amide bonds. The summed E-state index contributed by atoms with van der Waals surface area (Å²) in [6, 6.07) is 12.7. The number of carboxylic acid groups (broad SMARTS) is 1. The first kappa shape index (κ1) is 32.9. The van der Waals surface area contributed by atoms with Gasteiger partial charge in [0.15, 0.2) is 6.10 Å². The Labute approximate surface area is 235 Å². The van der Waals surface area contributed by atoms with E-state index in [4.69, 9.17) is 16.3 Å². The summed E-state index contributed by atoms with van der Waals surface area (Å²) >= 11 is 7.17. The van der Waals surface area contributed by atoms with Crippen molar-refractivity contribution >= 4 is 40.5 Å². The lowest BCUT2D eigenvalue weighted by Crippen LogP contribution is -2.31. The molecule has 8 heteroatoms. The van der Waals surface area contributed by atoms with Gasteiger partial charge in [0.1, 0.15) is 11.3 Å². The molecule has 1 aliphatic heterocycles. The van der Waals surface area contributed by atoms with Crippen molar-refractivity contribution in [3.05, 3.63) is 81.7 Å². The van der Waals surface area contributed by atoms with Gasteiger partial charge in [-0.1, -0.05) is 67.8 Å². The number of ether oxygens (including phenoxy) is 2. The van der Waals surface area contributed by atoms with Crippen LogP contribution < -0.4 is 10.1 Å². The van der Waals surface area contributed by atoms with Gasteiger partial charge in [0, 0.05) is 31.0 Å². The van der Waals surface area contributed by atoms with Crippen LogP contribution in [-0.4, -0.2) is 37.3 Å². The quantitative estimate of drug-likeness (QED) is 0.307. The van der Waals surface area contributed by atoms with Crippen molar-refractivity contribution in [1.29, 1.82) is 0 Å². The maximum Gasteiger partial charge on any atom is 0.339 e. The van der Waals surface area contributed by atoms with Crippen LogP contribution in [0.5, 0.6) is 5.75 Å². The number of aryl methyl sites for hydroxylation is 1. The minimum absolute atomic E-state index is 0.0621. The number of carbonyl (C=O) groups is 2. The maximum absolute atomic E-state index is 12.7. The lowest BCUT2D eigenvalue weighted by molar-refractivity contribution is -0.122. The number of amides is 1. The van der Waals surface area contributed by atoms with Crippen molar-refractivity contribution in [2.24, 2.45) is 0 Å². The highest BCUT2D eigenvalue weighted by Crippen LogP contribution is 2.37. The molecule has 2 aromatic carbocycles. The van der Waals surface area contributed by atoms with Gasteiger partial charge < -0.3 is 19.9 Å². The summed E-state index contributed by atoms with van der Waals surface area (Å²) in [5, 5.41) is 14.6. The van der Waals surface area contributed by atoms with Crippen molar-refractivity contribution in [2.45, 2.75) is 53.6 Å². The number of thiophene rings is 1. The van der Waals surface area contributed by atoms with Crippen LogP contribution in [0.1, 0.15) is 55.6 Å². The lowest BCUT2D eigenvalue weighted by Gasteiger charge is -2.11. The number of fused-ring (bicyclic) bond motifs is 1. The molecule has 1 unspecified atom stereocenters. The first-order valence-electron chi connectivity index (χ1n) is 12.3. The van der Waals surface area contributed by atoms with Crippen molar-refractivity contribution in [3.8, 4) is 16.2 Å². The minimum Gasteiger partial charge on any atom is -0.480 e. The molecule has 4 rings (SSSR count). The third-order valence-corrected chi connectivity index (χ3v) is 6.44. The Bertz CT molecular complexity index is 1200. The van der Waals surface area contributed by atoms with Crippen molar-refractivity contribution in [1.82, 2.24) is 0 Å². The maximum atomic E-state index is 12.7. The Balaban J connectivity index is 0.000000628. The van der Waals surface area contributed by atoms with Crippen molar-refractivity contribution < 1.29 is 24.2 Å². The summed E-state index contributed by atoms with van der Waals surface area (Å²) in [4.78, 5) is 25.1. The van der Waals surface area contributed by atoms with Gasteiger partial charge in [-0.2, -0.15) is 0 Å². The zero-order valence-corrected chi connectivity index (χ0v) is 24.8. The number of rotatable bonds is 5. The summed E-state index contributed by atoms with van der Waals surface area (Å²) in [6.45, 7) is 13.8. The normalized spacial score (nSPS) is 12.7. The van der Waals surface area contributed by atoms with Crippen LogP contribution in [0.2, 0.25) is 5.02 Å². The SMILES string of the molecule is C=C(C)CC.CC.COC.Cc1ccc2c(c1)CC(C(=O)Nc1csc(-c3ccc(Cl)cc3)c1C(=O)O)O2. The van der Waals surface area contributed by atoms with Crippen LogP contribution in [0.25, 0.3) is 10.4 Å². The van der Waals surface area contributed by atoms with Crippen LogP contribution in [0.4, 0.5) is 5.69 Å². The molecule has 0 saturated carbocycles. The van der Waals surface area contributed by atoms with E-state index in [2.05, 4.69) is 23.6 Å². The average Bonchev–Trinajstić information content (AvgIpc) is 3.51. The van der Waals surface area contributed by atoms with Gasteiger partial charge >= 0.3 is 5.97 Å². The number of benzene rings is 2. The van der Waals surface area contributed by atoms with E-state index in [9.17, 15) is 14.7 Å². The van der Waals surface area contributed by atoms with Crippen LogP contribution in [0.3, 0.4) is 0 Å². The van der Waals surface area contributed by atoms with Gasteiger partial charge in [-0.25, -0.2) is 4.79 Å². The monoisotopic (exact) mass is 559 g/mol. The number of hydrogen-bond donors (Lipinski definition) is 2. The Morgan fingerprint density at radius 2 is 1.76 bits per heavy atom. The van der Waals surface area contributed by atoms with Gasteiger partial charge in [-0.05, 0) is 49.6 Å². The highest BCUT2D eigenvalue weighted by molar-refractivity contribution is 7.14. The molecule has 0 bridgehead atoms. The summed E-state index contributed by atoms with van der Waals surface area (Å²) in [7, 11) is 3.25. The molecule has 0 fully saturated rings. The summed E-state index contributed by atoms with van der Waals surface area (Å²) in [5.74, 6) is -0.777. The van der Waals surface area contributed by atoms with Gasteiger partial charge in [0.2, 0.25) is 0 Å². The summed E-state index contributed by atoms with van der Waals surface area (Å²) in [6.07, 6.45) is 0.886. The minimum atomic E-state index is -1.10. The Morgan fingerprint density at radius 1 is 1.18 bits per heavy atom. The topological polar surface area (TPSA) is 84.9 Å². The molecule has 2 heterocycles. The fraction of sp³-hybridized carbons (Fsp3) is 0.333. The first-order chi connectivity index (χ1) is 18.1. The third-order valence-electron chi connectivity index (χ3n) is 5.16. The predicted molar refractivity (Wildman–Crippen MR) is 159 cm³/mol. The van der Waals surface area contributed by atoms with E-state index in [1.165, 1.54) is 16.9 Å². The first-order valence-corrected chi connectivity index (χ1v) is 13.6. The smallest absolute Gasteiger partial charge is 0.339 e. The van der Waals surface area contributed by atoms with Gasteiger partial charge in [0.25, 0.3) is 5.91 Å². The van der Waals surface area contributed by atoms with E-state index in [0.717, 1.165) is 23.1 Å². The molecule has 2 N–H and O–H groups in total. The highest BCUT2D eigenvalue weighted by Gasteiger charge is 2.31. The predicted octanol–water partition coefficient (Wildman–Crippen LogP) is 8.28. The number of methoxy groups -OCH3 is 1. The molecule has 3 aromatic rings. The molecule has 0 saturated heterocycles. The second-order valence-electron chi connectivity index (χ2n) is 8.30. The largest absolute Gasteiger partial charge is 0.480 e. The van der Waals surface area contributed by atoms with Crippen LogP contribution in [0.15, 0.2) is 60.0 Å². The van der Waals surface area contributed by atoms with Gasteiger partial charge in [-0.15, -0.1) is 17.9 Å². The number of carbonyl (C=O) groups excluding carboxylic acids is 1. The number of halogens is 1. The fourth-order valence-corrected chi connectivity index (χ4v) is 4.34. The highest BCUT2D eigenvalue weighted by atomic mass is 35.5. The van der Waals surface area contributed by atoms with Crippen LogP contribution >= 0.6 is 22.9 Å². The second kappa shape index (κ2) is 16.7. The number of hydrogen-bond acceptors (Lipinski definition) is 5. The second-order valence-corrected chi connectivity index (χ2v) is 9.61. The van der Waals surface area contributed by atoms with E-state index in [0.29, 0.717) is 22.1 Å². The number of allylic oxidation sites excluding steroid dienone is 1. The molecule has 0 radical (unpaired) electrons. The third kappa shape index (κ3) is 9.63. The van der Waals surface area contributed by atoms with Gasteiger partial charge in [0.05, 0.1) is 10.6 Å². The molecule has 1 aromatic heterocycles. The number of anilines is 1. The van der Waals surface area contributed by atoms with E-state index >= 15 is 0 Å². The summed E-state index contributed by atoms with van der Waals surface area (Å²) in [5.41, 5.74) is 4.39. The molecule has 0 spiro atoms. The molecule has 0 aliphatic carbocycles. The molecular formula is C30H38ClNO5S. The number of aromatic carboxylic acids is 1. The molecule has 6 nitrogen and oxygen atoms in total. The fourth-order valence-electron chi connectivity index (χ4n) is 3.21. The van der Waals surface area contributed by atoms with Crippen molar-refractivity contribution in [3.63, 3.8) is 0 Å². The van der Waals surface area contributed by atoms with E-state index in [1.807, 2.05) is 45.9 Å². The molecule has 38 heavy (non-hydrogen) atoms. The number of nitrogens with one attached hydrogen (secondary N) is 1. The molecule has 1 atom stereocenters. The van der Waals surface area contributed by atoms with E-state index in [1.54, 1.807) is 43.9 Å². The summed E-state index contributed by atoms with van der Waals surface area (Å²) < 4.78 is 9.98. The molecule has 206 valence electrons. The molecular weight excluding hydrogens is 522 g/mol.